The maximum atomic E-state index is 12.5. The van der Waals surface area contributed by atoms with E-state index in [2.05, 4.69) is 23.5 Å². The fourth-order valence-corrected chi connectivity index (χ4v) is 4.24. The van der Waals surface area contributed by atoms with Gasteiger partial charge in [0.25, 0.3) is 10.0 Å². The molecule has 0 aromatic heterocycles. The molecule has 0 radical (unpaired) electrons. The fourth-order valence-electron chi connectivity index (χ4n) is 3.18. The molecule has 3 rings (SSSR count). The van der Waals surface area contributed by atoms with Crippen molar-refractivity contribution in [1.82, 2.24) is 0 Å². The van der Waals surface area contributed by atoms with Crippen LogP contribution >= 0.6 is 0 Å². The third-order valence-corrected chi connectivity index (χ3v) is 5.85. The van der Waals surface area contributed by atoms with Gasteiger partial charge in [0.1, 0.15) is 5.75 Å². The summed E-state index contributed by atoms with van der Waals surface area (Å²) < 4.78 is 38.3. The van der Waals surface area contributed by atoms with E-state index in [1.807, 2.05) is 12.1 Å². The van der Waals surface area contributed by atoms with Gasteiger partial charge in [0.15, 0.2) is 0 Å². The first-order valence-corrected chi connectivity index (χ1v) is 10.0. The third kappa shape index (κ3) is 3.94. The number of sulfonamides is 1. The Morgan fingerprint density at radius 1 is 1.00 bits per heavy atom. The fraction of sp³-hybridized carbons (Fsp3) is 0.368. The van der Waals surface area contributed by atoms with E-state index in [0.717, 1.165) is 5.69 Å². The highest BCUT2D eigenvalue weighted by Gasteiger charge is 2.25. The molecule has 2 aromatic carbocycles. The Labute approximate surface area is 154 Å². The lowest BCUT2D eigenvalue weighted by atomic mass is 10.1. The molecule has 2 atom stereocenters. The van der Waals surface area contributed by atoms with Crippen LogP contribution in [-0.2, 0) is 14.8 Å². The van der Waals surface area contributed by atoms with Crippen molar-refractivity contribution in [1.29, 1.82) is 0 Å². The highest BCUT2D eigenvalue weighted by Crippen LogP contribution is 2.26. The maximum absolute atomic E-state index is 12.5. The third-order valence-electron chi connectivity index (χ3n) is 4.46. The van der Waals surface area contributed by atoms with Crippen LogP contribution in [-0.4, -0.2) is 40.8 Å². The zero-order valence-electron chi connectivity index (χ0n) is 15.2. The summed E-state index contributed by atoms with van der Waals surface area (Å²) in [5.41, 5.74) is 1.58. The van der Waals surface area contributed by atoms with Gasteiger partial charge in [0.2, 0.25) is 0 Å². The van der Waals surface area contributed by atoms with E-state index in [1.165, 1.54) is 12.1 Å². The second-order valence-electron chi connectivity index (χ2n) is 6.47. The first-order valence-electron chi connectivity index (χ1n) is 8.54. The Balaban J connectivity index is 1.76. The summed E-state index contributed by atoms with van der Waals surface area (Å²) in [5.74, 6) is 0.613. The normalized spacial score (nSPS) is 20.7. The van der Waals surface area contributed by atoms with Gasteiger partial charge in [0, 0.05) is 23.5 Å². The molecule has 2 unspecified atom stereocenters. The molecule has 0 bridgehead atoms. The van der Waals surface area contributed by atoms with Crippen molar-refractivity contribution in [2.75, 3.05) is 29.9 Å². The first-order chi connectivity index (χ1) is 12.4. The van der Waals surface area contributed by atoms with Crippen LogP contribution in [0.1, 0.15) is 13.8 Å². The predicted octanol–water partition coefficient (Wildman–Crippen LogP) is 3.11. The second-order valence-corrected chi connectivity index (χ2v) is 8.15. The lowest BCUT2D eigenvalue weighted by Crippen LogP contribution is -2.49. The minimum absolute atomic E-state index is 0.192. The summed E-state index contributed by atoms with van der Waals surface area (Å²) in [6.07, 6.45) is 0. The summed E-state index contributed by atoms with van der Waals surface area (Å²) in [4.78, 5) is 2.49. The number of rotatable bonds is 5. The van der Waals surface area contributed by atoms with Gasteiger partial charge >= 0.3 is 0 Å². The van der Waals surface area contributed by atoms with E-state index in [1.54, 1.807) is 31.4 Å². The Bertz CT molecular complexity index is 825. The lowest BCUT2D eigenvalue weighted by Gasteiger charge is -2.40. The molecule has 0 spiro atoms. The molecule has 1 aliphatic heterocycles. The molecule has 1 aliphatic rings. The topological polar surface area (TPSA) is 67.9 Å². The number of ether oxygens (including phenoxy) is 2. The zero-order valence-corrected chi connectivity index (χ0v) is 16.0. The summed E-state index contributed by atoms with van der Waals surface area (Å²) in [6, 6.07) is 14.3. The molecule has 0 saturated carbocycles. The van der Waals surface area contributed by atoms with Crippen molar-refractivity contribution in [3.05, 3.63) is 48.5 Å². The minimum Gasteiger partial charge on any atom is -0.497 e. The standard InChI is InChI=1S/C19H24N2O4S/c1-14-12-25-13-15(2)21(14)17-6-4-16(5-7-17)20-26(22,23)19-10-8-18(24-3)9-11-19/h4-11,14-15,20H,12-13H2,1-3H3. The van der Waals surface area contributed by atoms with E-state index < -0.39 is 10.0 Å². The molecule has 1 heterocycles. The molecular weight excluding hydrogens is 352 g/mol. The van der Waals surface area contributed by atoms with Crippen molar-refractivity contribution >= 4 is 21.4 Å². The smallest absolute Gasteiger partial charge is 0.261 e. The Hall–Kier alpha value is -2.25. The monoisotopic (exact) mass is 376 g/mol. The number of hydrogen-bond donors (Lipinski definition) is 1. The van der Waals surface area contributed by atoms with E-state index in [0.29, 0.717) is 24.7 Å². The zero-order chi connectivity index (χ0) is 18.7. The molecule has 1 fully saturated rings. The Morgan fingerprint density at radius 2 is 1.58 bits per heavy atom. The highest BCUT2D eigenvalue weighted by atomic mass is 32.2. The minimum atomic E-state index is -3.64. The van der Waals surface area contributed by atoms with Gasteiger partial charge in [-0.15, -0.1) is 0 Å². The number of hydrogen-bond acceptors (Lipinski definition) is 5. The van der Waals surface area contributed by atoms with Crippen LogP contribution in [0.5, 0.6) is 5.75 Å². The van der Waals surface area contributed by atoms with Crippen molar-refractivity contribution in [2.24, 2.45) is 0 Å². The number of methoxy groups -OCH3 is 1. The van der Waals surface area contributed by atoms with Crippen LogP contribution in [0.2, 0.25) is 0 Å². The molecular formula is C19H24N2O4S. The van der Waals surface area contributed by atoms with Crippen LogP contribution < -0.4 is 14.4 Å². The van der Waals surface area contributed by atoms with Crippen molar-refractivity contribution in [3.63, 3.8) is 0 Å². The SMILES string of the molecule is COc1ccc(S(=O)(=O)Nc2ccc(N3C(C)COCC3C)cc2)cc1. The van der Waals surface area contributed by atoms with Crippen molar-refractivity contribution < 1.29 is 17.9 Å². The van der Waals surface area contributed by atoms with Gasteiger partial charge in [-0.1, -0.05) is 0 Å². The number of nitrogens with one attached hydrogen (secondary N) is 1. The Morgan fingerprint density at radius 3 is 2.12 bits per heavy atom. The van der Waals surface area contributed by atoms with Gasteiger partial charge < -0.3 is 14.4 Å². The quantitative estimate of drug-likeness (QED) is 0.868. The van der Waals surface area contributed by atoms with Gasteiger partial charge in [-0.05, 0) is 62.4 Å². The summed E-state index contributed by atoms with van der Waals surface area (Å²) in [6.45, 7) is 5.62. The molecule has 6 nitrogen and oxygen atoms in total. The molecule has 0 aliphatic carbocycles. The summed E-state index contributed by atoms with van der Waals surface area (Å²) in [7, 11) is -2.10. The molecule has 2 aromatic rings. The summed E-state index contributed by atoms with van der Waals surface area (Å²) >= 11 is 0. The van der Waals surface area contributed by atoms with E-state index in [9.17, 15) is 8.42 Å². The first kappa shape index (κ1) is 18.5. The van der Waals surface area contributed by atoms with Crippen molar-refractivity contribution in [2.45, 2.75) is 30.8 Å². The molecule has 140 valence electrons. The van der Waals surface area contributed by atoms with Crippen LogP contribution in [0.15, 0.2) is 53.4 Å². The molecule has 1 N–H and O–H groups in total. The average molecular weight is 376 g/mol. The molecule has 1 saturated heterocycles. The molecule has 26 heavy (non-hydrogen) atoms. The molecule has 0 amide bonds. The van der Waals surface area contributed by atoms with E-state index in [-0.39, 0.29) is 17.0 Å². The average Bonchev–Trinajstić information content (AvgIpc) is 2.63. The van der Waals surface area contributed by atoms with Gasteiger partial charge in [-0.3, -0.25) is 4.72 Å². The van der Waals surface area contributed by atoms with Gasteiger partial charge in [-0.25, -0.2) is 8.42 Å². The number of nitrogens with zero attached hydrogens (tertiary/aromatic N) is 1. The summed E-state index contributed by atoms with van der Waals surface area (Å²) in [5, 5.41) is 0. The number of benzene rings is 2. The van der Waals surface area contributed by atoms with Crippen LogP contribution in [0.3, 0.4) is 0 Å². The van der Waals surface area contributed by atoms with Crippen LogP contribution in [0, 0.1) is 0 Å². The van der Waals surface area contributed by atoms with E-state index >= 15 is 0 Å². The van der Waals surface area contributed by atoms with Crippen LogP contribution in [0.4, 0.5) is 11.4 Å². The lowest BCUT2D eigenvalue weighted by molar-refractivity contribution is 0.0757. The van der Waals surface area contributed by atoms with Gasteiger partial charge in [-0.2, -0.15) is 0 Å². The number of anilines is 2. The number of morpholine rings is 1. The van der Waals surface area contributed by atoms with Crippen molar-refractivity contribution in [3.8, 4) is 5.75 Å². The maximum Gasteiger partial charge on any atom is 0.261 e. The second kappa shape index (κ2) is 7.55. The van der Waals surface area contributed by atoms with Gasteiger partial charge in [0.05, 0.1) is 25.2 Å². The predicted molar refractivity (Wildman–Crippen MR) is 102 cm³/mol. The largest absolute Gasteiger partial charge is 0.497 e. The highest BCUT2D eigenvalue weighted by molar-refractivity contribution is 7.92. The van der Waals surface area contributed by atoms with Crippen LogP contribution in [0.25, 0.3) is 0 Å². The Kier molecular flexibility index (Phi) is 5.38. The van der Waals surface area contributed by atoms with E-state index in [4.69, 9.17) is 9.47 Å². The molecule has 7 heteroatoms.